The molecule has 4 heterocycles. The van der Waals surface area contributed by atoms with Crippen LogP contribution in [0.5, 0.6) is 0 Å². The number of carbonyl (C=O) groups is 1. The van der Waals surface area contributed by atoms with Crippen molar-refractivity contribution in [2.24, 2.45) is 11.8 Å². The van der Waals surface area contributed by atoms with Crippen molar-refractivity contribution in [1.29, 1.82) is 0 Å². The van der Waals surface area contributed by atoms with E-state index in [1.165, 1.54) is 0 Å². The SMILES string of the molecule is CC(C)(C)OC(=O)N1CC2CN(Cc3ccc(-c4ccc5c(Nc6ccc7scnc7c6)ccnc5c4)c(F)c3)CC2C1. The highest BCUT2D eigenvalue weighted by Gasteiger charge is 2.42. The number of anilines is 2. The van der Waals surface area contributed by atoms with E-state index in [4.69, 9.17) is 4.74 Å². The molecule has 1 N–H and O–H groups in total. The molecule has 0 bridgehead atoms. The van der Waals surface area contributed by atoms with Crippen molar-refractivity contribution in [3.63, 3.8) is 0 Å². The molecule has 2 aromatic heterocycles. The van der Waals surface area contributed by atoms with Crippen molar-refractivity contribution in [2.75, 3.05) is 31.5 Å². The van der Waals surface area contributed by atoms with Crippen LogP contribution in [0.25, 0.3) is 32.2 Å². The lowest BCUT2D eigenvalue weighted by Crippen LogP contribution is -2.37. The lowest BCUT2D eigenvalue weighted by molar-refractivity contribution is 0.0274. The van der Waals surface area contributed by atoms with Gasteiger partial charge in [-0.3, -0.25) is 9.88 Å². The number of aromatic nitrogens is 2. The van der Waals surface area contributed by atoms with Gasteiger partial charge in [0.1, 0.15) is 11.4 Å². The first-order chi connectivity index (χ1) is 20.7. The summed E-state index contributed by atoms with van der Waals surface area (Å²) < 4.78 is 22.2. The molecule has 0 saturated carbocycles. The number of hydrogen-bond donors (Lipinski definition) is 1. The maximum atomic E-state index is 15.5. The molecule has 2 fully saturated rings. The summed E-state index contributed by atoms with van der Waals surface area (Å²) in [5.74, 6) is 0.617. The molecule has 2 aliphatic heterocycles. The van der Waals surface area contributed by atoms with Gasteiger partial charge in [-0.2, -0.15) is 0 Å². The number of halogens is 1. The van der Waals surface area contributed by atoms with Crippen molar-refractivity contribution < 1.29 is 13.9 Å². The highest BCUT2D eigenvalue weighted by atomic mass is 32.1. The zero-order valence-electron chi connectivity index (χ0n) is 24.5. The quantitative estimate of drug-likeness (QED) is 0.225. The Bertz CT molecular complexity index is 1820. The fourth-order valence-electron chi connectivity index (χ4n) is 6.36. The van der Waals surface area contributed by atoms with Crippen molar-refractivity contribution in [2.45, 2.75) is 32.9 Å². The van der Waals surface area contributed by atoms with E-state index >= 15 is 4.39 Å². The molecule has 5 aromatic rings. The van der Waals surface area contributed by atoms with Crippen LogP contribution in [0, 0.1) is 17.7 Å². The van der Waals surface area contributed by atoms with Gasteiger partial charge in [0.25, 0.3) is 0 Å². The minimum Gasteiger partial charge on any atom is -0.444 e. The summed E-state index contributed by atoms with van der Waals surface area (Å²) in [6.07, 6.45) is 1.55. The van der Waals surface area contributed by atoms with Gasteiger partial charge in [0.2, 0.25) is 0 Å². The van der Waals surface area contributed by atoms with Crippen LogP contribution in [-0.4, -0.2) is 57.6 Å². The van der Waals surface area contributed by atoms with Crippen LogP contribution < -0.4 is 5.32 Å². The molecule has 0 aliphatic carbocycles. The first-order valence-electron chi connectivity index (χ1n) is 14.7. The molecule has 220 valence electrons. The second-order valence-electron chi connectivity index (χ2n) is 12.7. The molecule has 1 amide bonds. The highest BCUT2D eigenvalue weighted by Crippen LogP contribution is 2.34. The average Bonchev–Trinajstić information content (AvgIpc) is 3.67. The molecule has 2 unspecified atom stereocenters. The summed E-state index contributed by atoms with van der Waals surface area (Å²) in [6, 6.07) is 19.5. The number of ether oxygens (including phenoxy) is 1. The predicted octanol–water partition coefficient (Wildman–Crippen LogP) is 7.69. The van der Waals surface area contributed by atoms with Crippen LogP contribution in [0.3, 0.4) is 0 Å². The number of fused-ring (bicyclic) bond motifs is 3. The van der Waals surface area contributed by atoms with Gasteiger partial charge in [0.15, 0.2) is 0 Å². The van der Waals surface area contributed by atoms with Gasteiger partial charge in [-0.25, -0.2) is 14.2 Å². The summed E-state index contributed by atoms with van der Waals surface area (Å²) >= 11 is 1.62. The molecule has 2 saturated heterocycles. The summed E-state index contributed by atoms with van der Waals surface area (Å²) in [6.45, 7) is 9.61. The van der Waals surface area contributed by atoms with Crippen molar-refractivity contribution in [3.8, 4) is 11.1 Å². The molecular weight excluding hydrogens is 561 g/mol. The Hall–Kier alpha value is -4.08. The van der Waals surface area contributed by atoms with Gasteiger partial charge in [-0.15, -0.1) is 11.3 Å². The smallest absolute Gasteiger partial charge is 0.410 e. The second-order valence-corrected chi connectivity index (χ2v) is 13.6. The van der Waals surface area contributed by atoms with Gasteiger partial charge < -0.3 is 15.0 Å². The van der Waals surface area contributed by atoms with Crippen molar-refractivity contribution >= 4 is 49.9 Å². The van der Waals surface area contributed by atoms with Crippen LogP contribution >= 0.6 is 11.3 Å². The Morgan fingerprint density at radius 1 is 0.977 bits per heavy atom. The molecule has 2 atom stereocenters. The zero-order chi connectivity index (χ0) is 29.7. The number of likely N-dealkylation sites (tertiary alicyclic amines) is 2. The van der Waals surface area contributed by atoms with E-state index in [1.807, 2.05) is 79.7 Å². The number of amides is 1. The minimum atomic E-state index is -0.488. The molecule has 0 radical (unpaired) electrons. The Balaban J connectivity index is 1.02. The Morgan fingerprint density at radius 2 is 1.79 bits per heavy atom. The molecule has 7 rings (SSSR count). The zero-order valence-corrected chi connectivity index (χ0v) is 25.3. The number of benzene rings is 3. The summed E-state index contributed by atoms with van der Waals surface area (Å²) in [5, 5.41) is 4.46. The van der Waals surface area contributed by atoms with Gasteiger partial charge in [0.05, 0.1) is 21.2 Å². The van der Waals surface area contributed by atoms with Gasteiger partial charge in [-0.1, -0.05) is 24.3 Å². The third-order valence-corrected chi connectivity index (χ3v) is 9.13. The number of thiazole rings is 1. The van der Waals surface area contributed by atoms with E-state index in [9.17, 15) is 4.79 Å². The summed E-state index contributed by atoms with van der Waals surface area (Å²) in [4.78, 5) is 25.7. The number of rotatable bonds is 5. The number of nitrogens with zero attached hydrogens (tertiary/aromatic N) is 4. The third kappa shape index (κ3) is 5.79. The Labute approximate surface area is 254 Å². The monoisotopic (exact) mass is 595 g/mol. The van der Waals surface area contributed by atoms with Gasteiger partial charge in [-0.05, 0) is 80.1 Å². The minimum absolute atomic E-state index is 0.226. The molecule has 7 nitrogen and oxygen atoms in total. The van der Waals surface area contributed by atoms with E-state index in [2.05, 4.69) is 26.3 Å². The van der Waals surface area contributed by atoms with Crippen molar-refractivity contribution in [3.05, 3.63) is 83.8 Å². The molecule has 9 heteroatoms. The van der Waals surface area contributed by atoms with E-state index < -0.39 is 5.60 Å². The van der Waals surface area contributed by atoms with E-state index in [-0.39, 0.29) is 11.9 Å². The van der Waals surface area contributed by atoms with Crippen molar-refractivity contribution in [1.82, 2.24) is 19.8 Å². The first kappa shape index (κ1) is 27.7. The van der Waals surface area contributed by atoms with Crippen LogP contribution in [-0.2, 0) is 11.3 Å². The molecule has 43 heavy (non-hydrogen) atoms. The lowest BCUT2D eigenvalue weighted by Gasteiger charge is -2.26. The van der Waals surface area contributed by atoms with Gasteiger partial charge in [0, 0.05) is 61.2 Å². The molecular formula is C34H34FN5O2S. The van der Waals surface area contributed by atoms with E-state index in [0.717, 1.165) is 69.8 Å². The second kappa shape index (κ2) is 10.9. The Kier molecular flexibility index (Phi) is 7.02. The molecule has 2 aliphatic rings. The average molecular weight is 596 g/mol. The summed E-state index contributed by atoms with van der Waals surface area (Å²) in [7, 11) is 0. The van der Waals surface area contributed by atoms with Crippen LogP contribution in [0.1, 0.15) is 26.3 Å². The topological polar surface area (TPSA) is 70.6 Å². The number of pyridine rings is 1. The number of nitrogens with one attached hydrogen (secondary N) is 1. The van der Waals surface area contributed by atoms with Gasteiger partial charge >= 0.3 is 6.09 Å². The largest absolute Gasteiger partial charge is 0.444 e. The third-order valence-electron chi connectivity index (χ3n) is 8.32. The molecule has 0 spiro atoms. The standard InChI is InChI=1S/C34H34FN5O2S/c1-34(2,3)42-33(41)40-18-23-16-39(17-24(23)19-40)15-21-4-7-26(28(35)12-21)22-5-8-27-29(10-11-36-30(27)13-22)38-25-6-9-32-31(14-25)37-20-43-32/h4-14,20,23-24H,15-19H2,1-3H3,(H,36,38). The van der Waals surface area contributed by atoms with Crippen LogP contribution in [0.4, 0.5) is 20.6 Å². The number of hydrogen-bond acceptors (Lipinski definition) is 7. The van der Waals surface area contributed by atoms with E-state index in [1.54, 1.807) is 23.6 Å². The lowest BCUT2D eigenvalue weighted by atomic mass is 10.0. The normalized spacial score (nSPS) is 18.8. The summed E-state index contributed by atoms with van der Waals surface area (Å²) in [5.41, 5.74) is 7.32. The maximum absolute atomic E-state index is 15.5. The Morgan fingerprint density at radius 3 is 2.56 bits per heavy atom. The van der Waals surface area contributed by atoms with E-state index in [0.29, 0.717) is 23.9 Å². The number of carbonyl (C=O) groups excluding carboxylic acids is 1. The fourth-order valence-corrected chi connectivity index (χ4v) is 7.02. The fraction of sp³-hybridized carbons (Fsp3) is 0.324. The van der Waals surface area contributed by atoms with Crippen LogP contribution in [0.15, 0.2) is 72.4 Å². The predicted molar refractivity (Wildman–Crippen MR) is 170 cm³/mol. The maximum Gasteiger partial charge on any atom is 0.410 e. The first-order valence-corrected chi connectivity index (χ1v) is 15.5. The molecule has 3 aromatic carbocycles. The highest BCUT2D eigenvalue weighted by molar-refractivity contribution is 7.16. The van der Waals surface area contributed by atoms with Crippen LogP contribution in [0.2, 0.25) is 0 Å².